The lowest BCUT2D eigenvalue weighted by Gasteiger charge is -2.50. The van der Waals surface area contributed by atoms with Crippen molar-refractivity contribution < 1.29 is 39.6 Å². The Kier molecular flexibility index (Phi) is 5.53. The van der Waals surface area contributed by atoms with Crippen molar-refractivity contribution in [1.29, 1.82) is 0 Å². The maximum atomic E-state index is 13.7. The maximum Gasteiger partial charge on any atom is 0.255 e. The summed E-state index contributed by atoms with van der Waals surface area (Å²) in [6.07, 6.45) is 0.00879. The van der Waals surface area contributed by atoms with Crippen molar-refractivity contribution in [1.82, 2.24) is 9.80 Å². The number of phenolic OH excluding ortho intramolecular Hbond substituents is 1. The van der Waals surface area contributed by atoms with Crippen molar-refractivity contribution >= 4 is 29.1 Å². The summed E-state index contributed by atoms with van der Waals surface area (Å²) in [7, 11) is 6.16. The third-order valence-electron chi connectivity index (χ3n) is 7.24. The molecule has 4 rings (SSSR count). The molecule has 6 N–H and O–H groups in total. The minimum atomic E-state index is -2.70. The second-order valence-corrected chi connectivity index (χ2v) is 9.65. The van der Waals surface area contributed by atoms with Crippen LogP contribution in [-0.2, 0) is 20.8 Å². The van der Waals surface area contributed by atoms with E-state index in [1.165, 1.54) is 36.0 Å². The van der Waals surface area contributed by atoms with Crippen LogP contribution in [0.5, 0.6) is 5.75 Å². The molecule has 11 nitrogen and oxygen atoms in total. The van der Waals surface area contributed by atoms with Crippen molar-refractivity contribution in [2.75, 3.05) is 28.2 Å². The Balaban J connectivity index is 1.98. The van der Waals surface area contributed by atoms with Gasteiger partial charge in [-0.05, 0) is 50.6 Å². The molecule has 4 atom stereocenters. The van der Waals surface area contributed by atoms with E-state index in [1.807, 2.05) is 0 Å². The fraction of sp³-hybridized carbons (Fsp3) is 0.417. The number of rotatable bonds is 3. The van der Waals surface area contributed by atoms with Gasteiger partial charge in [0.2, 0.25) is 5.78 Å². The first kappa shape index (κ1) is 24.4. The molecule has 0 aromatic heterocycles. The molecular formula is C24H27N3O8. The summed E-state index contributed by atoms with van der Waals surface area (Å²) in [5.41, 5.74) is 1.91. The number of amides is 2. The molecule has 0 spiro atoms. The molecule has 2 unspecified atom stereocenters. The summed E-state index contributed by atoms with van der Waals surface area (Å²) in [5.74, 6) is -7.65. The van der Waals surface area contributed by atoms with E-state index in [-0.39, 0.29) is 41.2 Å². The molecule has 0 aliphatic heterocycles. The molecule has 3 aliphatic rings. The third kappa shape index (κ3) is 3.18. The van der Waals surface area contributed by atoms with E-state index in [0.717, 1.165) is 0 Å². The number of benzene rings is 1. The molecule has 0 heterocycles. The topological polar surface area (TPSA) is 182 Å². The number of carbonyl (C=O) groups excluding carboxylic acids is 4. The fourth-order valence-corrected chi connectivity index (χ4v) is 5.69. The zero-order chi connectivity index (χ0) is 26.1. The summed E-state index contributed by atoms with van der Waals surface area (Å²) < 4.78 is 0. The summed E-state index contributed by atoms with van der Waals surface area (Å²) in [6.45, 7) is 0. The normalized spacial score (nSPS) is 28.0. The van der Waals surface area contributed by atoms with Crippen LogP contribution in [0.2, 0.25) is 0 Å². The van der Waals surface area contributed by atoms with E-state index in [0.29, 0.717) is 5.56 Å². The second kappa shape index (κ2) is 7.92. The SMILES string of the molecule is CN(C)C(=O)c1ccc(O)c2c1C[C@H]1C[C@H]3C(N(C)C)C(=O)C(C(N)=O)=C(O)C3(O)C(=O)C1=C2O. The Morgan fingerprint density at radius 2 is 1.71 bits per heavy atom. The smallest absolute Gasteiger partial charge is 0.255 e. The van der Waals surface area contributed by atoms with Gasteiger partial charge in [0.25, 0.3) is 11.8 Å². The Morgan fingerprint density at radius 3 is 2.26 bits per heavy atom. The van der Waals surface area contributed by atoms with E-state index in [1.54, 1.807) is 14.1 Å². The Hall–Kier alpha value is -3.70. The predicted molar refractivity (Wildman–Crippen MR) is 122 cm³/mol. The number of carbonyl (C=O) groups is 4. The van der Waals surface area contributed by atoms with E-state index in [9.17, 15) is 39.6 Å². The molecule has 0 radical (unpaired) electrons. The maximum absolute atomic E-state index is 13.7. The van der Waals surface area contributed by atoms with Gasteiger partial charge in [0.1, 0.15) is 22.8 Å². The highest BCUT2D eigenvalue weighted by Crippen LogP contribution is 2.52. The monoisotopic (exact) mass is 485 g/mol. The van der Waals surface area contributed by atoms with Gasteiger partial charge in [-0.15, -0.1) is 0 Å². The molecule has 2 amide bonds. The Bertz CT molecular complexity index is 1260. The minimum absolute atomic E-state index is 0.0446. The number of aliphatic hydroxyl groups excluding tert-OH is 2. The molecule has 3 aliphatic carbocycles. The van der Waals surface area contributed by atoms with E-state index in [4.69, 9.17) is 5.73 Å². The van der Waals surface area contributed by atoms with Gasteiger partial charge in [-0.3, -0.25) is 24.1 Å². The van der Waals surface area contributed by atoms with E-state index >= 15 is 0 Å². The van der Waals surface area contributed by atoms with Gasteiger partial charge in [0.15, 0.2) is 11.4 Å². The molecule has 1 aromatic rings. The molecule has 0 bridgehead atoms. The zero-order valence-electron chi connectivity index (χ0n) is 19.7. The van der Waals surface area contributed by atoms with Crippen LogP contribution in [0.25, 0.3) is 5.76 Å². The van der Waals surface area contributed by atoms with Crippen LogP contribution in [0.15, 0.2) is 29.0 Å². The highest BCUT2D eigenvalue weighted by molar-refractivity contribution is 6.24. The number of hydrogen-bond acceptors (Lipinski definition) is 9. The minimum Gasteiger partial charge on any atom is -0.508 e. The van der Waals surface area contributed by atoms with Crippen LogP contribution in [0.4, 0.5) is 0 Å². The number of likely N-dealkylation sites (N-methyl/N-ethyl adjacent to an activating group) is 1. The van der Waals surface area contributed by atoms with Gasteiger partial charge in [0, 0.05) is 31.1 Å². The number of nitrogens with zero attached hydrogens (tertiary/aromatic N) is 2. The molecule has 35 heavy (non-hydrogen) atoms. The van der Waals surface area contributed by atoms with Gasteiger partial charge in [-0.2, -0.15) is 0 Å². The standard InChI is InChI=1S/C24H27N3O8/c1-26(2)17-12-8-9-7-11-10(23(34)27(3)4)5-6-13(28)15(11)18(29)14(9)20(31)24(12,35)21(32)16(19(17)30)22(25)33/h5-6,9,12,17,28-29,32,35H,7-8H2,1-4H3,(H2,25,33)/t9-,12-,17?,24?/m0/s1. The number of ketones is 2. The summed E-state index contributed by atoms with van der Waals surface area (Å²) in [6, 6.07) is 1.48. The summed E-state index contributed by atoms with van der Waals surface area (Å²) >= 11 is 0. The van der Waals surface area contributed by atoms with Gasteiger partial charge in [-0.25, -0.2) is 0 Å². The number of phenols is 1. The van der Waals surface area contributed by atoms with Crippen LogP contribution in [0.1, 0.15) is 27.9 Å². The highest BCUT2D eigenvalue weighted by Gasteiger charge is 2.64. The summed E-state index contributed by atoms with van der Waals surface area (Å²) in [5, 5.41) is 44.0. The van der Waals surface area contributed by atoms with Crippen molar-refractivity contribution in [3.63, 3.8) is 0 Å². The number of Topliss-reactive ketones (excluding diaryl/α,β-unsaturated/α-hetero) is 2. The quantitative estimate of drug-likeness (QED) is 0.358. The van der Waals surface area contributed by atoms with Crippen LogP contribution in [-0.4, -0.2) is 93.4 Å². The Morgan fingerprint density at radius 1 is 1.09 bits per heavy atom. The van der Waals surface area contributed by atoms with Gasteiger partial charge in [0.05, 0.1) is 11.6 Å². The van der Waals surface area contributed by atoms with Crippen molar-refractivity contribution in [2.24, 2.45) is 17.6 Å². The van der Waals surface area contributed by atoms with Crippen molar-refractivity contribution in [2.45, 2.75) is 24.5 Å². The van der Waals surface area contributed by atoms with Gasteiger partial charge < -0.3 is 31.1 Å². The van der Waals surface area contributed by atoms with Crippen molar-refractivity contribution in [3.8, 4) is 5.75 Å². The lowest BCUT2D eigenvalue weighted by atomic mass is 9.57. The number of fused-ring (bicyclic) bond motifs is 3. The van der Waals surface area contributed by atoms with E-state index < -0.39 is 58.0 Å². The molecule has 1 saturated carbocycles. The molecule has 1 aromatic carbocycles. The average Bonchev–Trinajstić information content (AvgIpc) is 2.75. The van der Waals surface area contributed by atoms with Gasteiger partial charge in [-0.1, -0.05) is 0 Å². The second-order valence-electron chi connectivity index (χ2n) is 9.65. The summed E-state index contributed by atoms with van der Waals surface area (Å²) in [4.78, 5) is 54.3. The predicted octanol–water partition coefficient (Wildman–Crippen LogP) is -0.334. The molecule has 0 saturated heterocycles. The van der Waals surface area contributed by atoms with E-state index in [2.05, 4.69) is 0 Å². The van der Waals surface area contributed by atoms with Crippen molar-refractivity contribution in [3.05, 3.63) is 45.7 Å². The van der Waals surface area contributed by atoms with Crippen LogP contribution >= 0.6 is 0 Å². The highest BCUT2D eigenvalue weighted by atomic mass is 16.3. The number of aromatic hydroxyl groups is 1. The van der Waals surface area contributed by atoms with Crippen LogP contribution < -0.4 is 5.73 Å². The zero-order valence-corrected chi connectivity index (χ0v) is 19.7. The lowest BCUT2D eigenvalue weighted by molar-refractivity contribution is -0.153. The van der Waals surface area contributed by atoms with Crippen LogP contribution in [0, 0.1) is 11.8 Å². The molecule has 186 valence electrons. The largest absolute Gasteiger partial charge is 0.508 e. The number of primary amides is 1. The number of nitrogens with two attached hydrogens (primary N) is 1. The van der Waals surface area contributed by atoms with Crippen LogP contribution in [0.3, 0.4) is 0 Å². The van der Waals surface area contributed by atoms with Gasteiger partial charge >= 0.3 is 0 Å². The first-order chi connectivity index (χ1) is 16.2. The molecule has 1 fully saturated rings. The third-order valence-corrected chi connectivity index (χ3v) is 7.24. The number of hydrogen-bond donors (Lipinski definition) is 5. The lowest BCUT2D eigenvalue weighted by Crippen LogP contribution is -2.65. The first-order valence-electron chi connectivity index (χ1n) is 11.0. The molecular weight excluding hydrogens is 458 g/mol. The fourth-order valence-electron chi connectivity index (χ4n) is 5.69. The molecule has 11 heteroatoms. The Labute approximate surface area is 200 Å². The number of aliphatic hydroxyl groups is 3. The first-order valence-corrected chi connectivity index (χ1v) is 11.0. The average molecular weight is 485 g/mol.